The van der Waals surface area contributed by atoms with E-state index in [0.717, 1.165) is 24.4 Å². The van der Waals surface area contributed by atoms with Gasteiger partial charge in [0, 0.05) is 25.4 Å². The molecule has 15 heavy (non-hydrogen) atoms. The van der Waals surface area contributed by atoms with Gasteiger partial charge in [0.25, 0.3) is 0 Å². The van der Waals surface area contributed by atoms with E-state index in [4.69, 9.17) is 0 Å². The Kier molecular flexibility index (Phi) is 1.71. The first-order valence-electron chi connectivity index (χ1n) is 4.94. The lowest BCUT2D eigenvalue weighted by Crippen LogP contribution is -2.24. The van der Waals surface area contributed by atoms with E-state index in [1.165, 1.54) is 0 Å². The number of amides is 1. The molecule has 0 unspecified atom stereocenters. The fraction of sp³-hybridized carbons (Fsp3) is 0.300. The van der Waals surface area contributed by atoms with Gasteiger partial charge in [-0.15, -0.1) is 0 Å². The fourth-order valence-electron chi connectivity index (χ4n) is 1.92. The molecular formula is C10H10N4O. The van der Waals surface area contributed by atoms with Crippen molar-refractivity contribution in [2.75, 3.05) is 11.4 Å². The number of fused-ring (bicyclic) bond motifs is 1. The largest absolute Gasteiger partial charge is 0.297 e. The topological polar surface area (TPSA) is 50.5 Å². The van der Waals surface area contributed by atoms with Crippen molar-refractivity contribution in [3.8, 4) is 0 Å². The van der Waals surface area contributed by atoms with Crippen LogP contribution in [0.5, 0.6) is 0 Å². The van der Waals surface area contributed by atoms with Gasteiger partial charge in [-0.25, -0.2) is 4.98 Å². The van der Waals surface area contributed by atoms with E-state index in [0.29, 0.717) is 6.42 Å². The van der Waals surface area contributed by atoms with Gasteiger partial charge in [0.15, 0.2) is 5.65 Å². The van der Waals surface area contributed by atoms with Crippen LogP contribution in [0.15, 0.2) is 24.8 Å². The van der Waals surface area contributed by atoms with Crippen molar-refractivity contribution in [3.63, 3.8) is 0 Å². The summed E-state index contributed by atoms with van der Waals surface area (Å²) in [5, 5.41) is 0. The standard InChI is InChI=1S/C10H10N4O/c15-10-2-1-4-14(10)9-7-12-8-6-11-3-5-13(8)9/h3,5-7H,1-2,4H2. The first-order valence-corrected chi connectivity index (χ1v) is 4.94. The SMILES string of the molecule is O=C1CCCN1c1cnc2cnccn12. The number of hydrogen-bond donors (Lipinski definition) is 0. The summed E-state index contributed by atoms with van der Waals surface area (Å²) in [5.41, 5.74) is 0.771. The number of nitrogens with zero attached hydrogens (tertiary/aromatic N) is 4. The zero-order valence-electron chi connectivity index (χ0n) is 8.13. The van der Waals surface area contributed by atoms with Gasteiger partial charge in [0.2, 0.25) is 5.91 Å². The Bertz CT molecular complexity index is 519. The van der Waals surface area contributed by atoms with E-state index in [9.17, 15) is 4.79 Å². The Morgan fingerprint density at radius 1 is 1.33 bits per heavy atom. The van der Waals surface area contributed by atoms with E-state index in [1.54, 1.807) is 23.5 Å². The summed E-state index contributed by atoms with van der Waals surface area (Å²) in [5.74, 6) is 1.02. The molecule has 1 aliphatic heterocycles. The van der Waals surface area contributed by atoms with Crippen LogP contribution in [0.4, 0.5) is 5.82 Å². The molecule has 5 nitrogen and oxygen atoms in total. The van der Waals surface area contributed by atoms with Crippen LogP contribution in [0.25, 0.3) is 5.65 Å². The Morgan fingerprint density at radius 3 is 3.07 bits per heavy atom. The molecule has 5 heteroatoms. The molecule has 0 saturated carbocycles. The molecule has 1 amide bonds. The third-order valence-corrected chi connectivity index (χ3v) is 2.65. The van der Waals surface area contributed by atoms with Crippen molar-refractivity contribution in [2.24, 2.45) is 0 Å². The van der Waals surface area contributed by atoms with Crippen LogP contribution in [0.3, 0.4) is 0 Å². The van der Waals surface area contributed by atoms with E-state index in [1.807, 2.05) is 10.6 Å². The molecule has 0 spiro atoms. The first-order chi connectivity index (χ1) is 7.36. The van der Waals surface area contributed by atoms with Gasteiger partial charge < -0.3 is 0 Å². The minimum absolute atomic E-state index is 0.175. The summed E-state index contributed by atoms with van der Waals surface area (Å²) in [6, 6.07) is 0. The summed E-state index contributed by atoms with van der Waals surface area (Å²) in [6.45, 7) is 0.787. The molecule has 2 aromatic rings. The van der Waals surface area contributed by atoms with Crippen molar-refractivity contribution < 1.29 is 4.79 Å². The Balaban J connectivity index is 2.14. The Labute approximate surface area is 86.4 Å². The third kappa shape index (κ3) is 1.20. The van der Waals surface area contributed by atoms with Gasteiger partial charge in [-0.05, 0) is 6.42 Å². The van der Waals surface area contributed by atoms with Gasteiger partial charge in [0.1, 0.15) is 5.82 Å². The molecule has 0 atom stereocenters. The second-order valence-corrected chi connectivity index (χ2v) is 3.57. The van der Waals surface area contributed by atoms with Crippen molar-refractivity contribution in [2.45, 2.75) is 12.8 Å². The van der Waals surface area contributed by atoms with Gasteiger partial charge in [-0.1, -0.05) is 0 Å². The van der Waals surface area contributed by atoms with Crippen LogP contribution in [0, 0.1) is 0 Å². The molecule has 0 radical (unpaired) electrons. The summed E-state index contributed by atoms with van der Waals surface area (Å²) >= 11 is 0. The molecule has 0 aromatic carbocycles. The molecular weight excluding hydrogens is 192 g/mol. The van der Waals surface area contributed by atoms with E-state index in [-0.39, 0.29) is 5.91 Å². The normalized spacial score (nSPS) is 16.5. The van der Waals surface area contributed by atoms with Crippen molar-refractivity contribution in [1.29, 1.82) is 0 Å². The van der Waals surface area contributed by atoms with Crippen LogP contribution >= 0.6 is 0 Å². The average molecular weight is 202 g/mol. The lowest BCUT2D eigenvalue weighted by atomic mass is 10.4. The molecule has 0 aliphatic carbocycles. The number of rotatable bonds is 1. The fourth-order valence-corrected chi connectivity index (χ4v) is 1.92. The Hall–Kier alpha value is -1.91. The molecule has 0 N–H and O–H groups in total. The maximum Gasteiger partial charge on any atom is 0.228 e. The van der Waals surface area contributed by atoms with E-state index in [2.05, 4.69) is 9.97 Å². The highest BCUT2D eigenvalue weighted by atomic mass is 16.2. The summed E-state index contributed by atoms with van der Waals surface area (Å²) in [6.07, 6.45) is 8.49. The lowest BCUT2D eigenvalue weighted by molar-refractivity contribution is -0.117. The average Bonchev–Trinajstić information content (AvgIpc) is 2.83. The predicted molar refractivity (Wildman–Crippen MR) is 54.6 cm³/mol. The number of aromatic nitrogens is 3. The van der Waals surface area contributed by atoms with Gasteiger partial charge in [-0.2, -0.15) is 0 Å². The quantitative estimate of drug-likeness (QED) is 0.689. The summed E-state index contributed by atoms with van der Waals surface area (Å²) in [7, 11) is 0. The number of hydrogen-bond acceptors (Lipinski definition) is 3. The van der Waals surface area contributed by atoms with Crippen LogP contribution in [0.1, 0.15) is 12.8 Å². The number of carbonyl (C=O) groups excluding carboxylic acids is 1. The van der Waals surface area contributed by atoms with E-state index >= 15 is 0 Å². The van der Waals surface area contributed by atoms with Crippen molar-refractivity contribution in [1.82, 2.24) is 14.4 Å². The van der Waals surface area contributed by atoms with Crippen LogP contribution in [0.2, 0.25) is 0 Å². The zero-order valence-corrected chi connectivity index (χ0v) is 8.13. The Morgan fingerprint density at radius 2 is 2.27 bits per heavy atom. The summed E-state index contributed by atoms with van der Waals surface area (Å²) in [4.78, 5) is 21.6. The first kappa shape index (κ1) is 8.40. The van der Waals surface area contributed by atoms with Crippen LogP contribution in [-0.4, -0.2) is 26.8 Å². The second kappa shape index (κ2) is 3.05. The van der Waals surface area contributed by atoms with Crippen molar-refractivity contribution >= 4 is 17.4 Å². The maximum atomic E-state index is 11.6. The highest BCUT2D eigenvalue weighted by Gasteiger charge is 2.24. The van der Waals surface area contributed by atoms with Crippen LogP contribution < -0.4 is 4.90 Å². The lowest BCUT2D eigenvalue weighted by Gasteiger charge is -2.13. The number of imidazole rings is 1. The maximum absolute atomic E-state index is 11.6. The third-order valence-electron chi connectivity index (χ3n) is 2.65. The van der Waals surface area contributed by atoms with Gasteiger partial charge in [-0.3, -0.25) is 19.1 Å². The highest BCUT2D eigenvalue weighted by molar-refractivity contribution is 5.94. The minimum atomic E-state index is 0.175. The minimum Gasteiger partial charge on any atom is -0.297 e. The monoisotopic (exact) mass is 202 g/mol. The second-order valence-electron chi connectivity index (χ2n) is 3.57. The zero-order chi connectivity index (χ0) is 10.3. The van der Waals surface area contributed by atoms with E-state index < -0.39 is 0 Å². The number of carbonyl (C=O) groups is 1. The smallest absolute Gasteiger partial charge is 0.228 e. The molecule has 1 fully saturated rings. The highest BCUT2D eigenvalue weighted by Crippen LogP contribution is 2.21. The molecule has 1 aliphatic rings. The van der Waals surface area contributed by atoms with Crippen molar-refractivity contribution in [3.05, 3.63) is 24.8 Å². The molecule has 2 aromatic heterocycles. The van der Waals surface area contributed by atoms with Gasteiger partial charge in [0.05, 0.1) is 12.4 Å². The molecule has 3 rings (SSSR count). The molecule has 0 bridgehead atoms. The summed E-state index contributed by atoms with van der Waals surface area (Å²) < 4.78 is 1.89. The predicted octanol–water partition coefficient (Wildman–Crippen LogP) is 0.856. The molecule has 76 valence electrons. The number of anilines is 1. The molecule has 1 saturated heterocycles. The van der Waals surface area contributed by atoms with Crippen LogP contribution in [-0.2, 0) is 4.79 Å². The molecule has 3 heterocycles. The van der Waals surface area contributed by atoms with Gasteiger partial charge >= 0.3 is 0 Å².